The van der Waals surface area contributed by atoms with Crippen LogP contribution in [-0.4, -0.2) is 65.9 Å². The molecule has 0 aliphatic carbocycles. The van der Waals surface area contributed by atoms with Gasteiger partial charge in [-0.1, -0.05) is 48.9 Å². The monoisotopic (exact) mass is 462 g/mol. The molecule has 2 saturated heterocycles. The van der Waals surface area contributed by atoms with Crippen LogP contribution in [0.25, 0.3) is 0 Å². The molecule has 4 rings (SSSR count). The number of benzene rings is 2. The number of likely N-dealkylation sites (tertiary alicyclic amines) is 1. The molecule has 1 atom stereocenters. The molecule has 34 heavy (non-hydrogen) atoms. The van der Waals surface area contributed by atoms with Gasteiger partial charge in [0.2, 0.25) is 0 Å². The molecule has 0 bridgehead atoms. The Balaban J connectivity index is 1.30. The molecule has 0 radical (unpaired) electrons. The van der Waals surface area contributed by atoms with Crippen molar-refractivity contribution >= 4 is 11.9 Å². The Hall–Kier alpha value is -2.86. The maximum Gasteiger partial charge on any atom is 0.317 e. The van der Waals surface area contributed by atoms with E-state index in [1.807, 2.05) is 47.1 Å². The largest absolute Gasteiger partial charge is 0.337 e. The minimum atomic E-state index is -0.0498. The number of nitrogens with one attached hydrogen (secondary N) is 1. The minimum Gasteiger partial charge on any atom is -0.337 e. The SMILES string of the molecule is Cc1cccc(C(=O)N2CCCN(C(=O)NCc3ccccc3CN3CCCC(C)C3)CC2)c1. The van der Waals surface area contributed by atoms with E-state index in [0.717, 1.165) is 43.1 Å². The van der Waals surface area contributed by atoms with Crippen LogP contribution in [0.3, 0.4) is 0 Å². The van der Waals surface area contributed by atoms with E-state index < -0.39 is 0 Å². The smallest absolute Gasteiger partial charge is 0.317 e. The zero-order valence-corrected chi connectivity index (χ0v) is 20.6. The third-order valence-electron chi connectivity index (χ3n) is 7.02. The highest BCUT2D eigenvalue weighted by molar-refractivity contribution is 5.94. The van der Waals surface area contributed by atoms with Crippen molar-refractivity contribution < 1.29 is 9.59 Å². The number of nitrogens with zero attached hydrogens (tertiary/aromatic N) is 3. The molecule has 0 spiro atoms. The van der Waals surface area contributed by atoms with Crippen molar-refractivity contribution in [3.8, 4) is 0 Å². The van der Waals surface area contributed by atoms with Crippen molar-refractivity contribution in [2.45, 2.75) is 46.2 Å². The molecular weight excluding hydrogens is 424 g/mol. The third kappa shape index (κ3) is 6.38. The van der Waals surface area contributed by atoms with Gasteiger partial charge in [0, 0.05) is 51.4 Å². The van der Waals surface area contributed by atoms with E-state index in [1.165, 1.54) is 24.0 Å². The second kappa shape index (κ2) is 11.5. The van der Waals surface area contributed by atoms with Gasteiger partial charge >= 0.3 is 6.03 Å². The minimum absolute atomic E-state index is 0.0481. The van der Waals surface area contributed by atoms with Gasteiger partial charge in [0.15, 0.2) is 0 Å². The summed E-state index contributed by atoms with van der Waals surface area (Å²) in [6, 6.07) is 16.1. The van der Waals surface area contributed by atoms with Crippen LogP contribution in [0.2, 0.25) is 0 Å². The van der Waals surface area contributed by atoms with E-state index in [9.17, 15) is 9.59 Å². The van der Waals surface area contributed by atoms with Crippen molar-refractivity contribution in [2.75, 3.05) is 39.3 Å². The molecule has 0 aromatic heterocycles. The van der Waals surface area contributed by atoms with Crippen LogP contribution in [0.4, 0.5) is 4.79 Å². The molecule has 2 aromatic rings. The van der Waals surface area contributed by atoms with E-state index in [-0.39, 0.29) is 11.9 Å². The maximum absolute atomic E-state index is 13.0. The molecule has 2 aromatic carbocycles. The first-order valence-electron chi connectivity index (χ1n) is 12.7. The van der Waals surface area contributed by atoms with Gasteiger partial charge in [0.1, 0.15) is 0 Å². The van der Waals surface area contributed by atoms with Crippen molar-refractivity contribution in [2.24, 2.45) is 5.92 Å². The Morgan fingerprint density at radius 2 is 1.68 bits per heavy atom. The molecule has 182 valence electrons. The number of rotatable bonds is 5. The number of carbonyl (C=O) groups excluding carboxylic acids is 2. The zero-order chi connectivity index (χ0) is 23.9. The lowest BCUT2D eigenvalue weighted by molar-refractivity contribution is 0.0762. The summed E-state index contributed by atoms with van der Waals surface area (Å²) in [6.07, 6.45) is 3.37. The Bertz CT molecular complexity index is 992. The molecule has 2 aliphatic rings. The van der Waals surface area contributed by atoms with Crippen LogP contribution in [0, 0.1) is 12.8 Å². The summed E-state index contributed by atoms with van der Waals surface area (Å²) in [5, 5.41) is 3.13. The van der Waals surface area contributed by atoms with E-state index >= 15 is 0 Å². The molecule has 1 unspecified atom stereocenters. The lowest BCUT2D eigenvalue weighted by Crippen LogP contribution is -2.42. The zero-order valence-electron chi connectivity index (χ0n) is 20.6. The van der Waals surface area contributed by atoms with Crippen LogP contribution in [-0.2, 0) is 13.1 Å². The van der Waals surface area contributed by atoms with Crippen molar-refractivity contribution in [3.05, 3.63) is 70.8 Å². The molecule has 6 heteroatoms. The molecular formula is C28H38N4O2. The molecule has 2 aliphatic heterocycles. The van der Waals surface area contributed by atoms with E-state index in [4.69, 9.17) is 0 Å². The average Bonchev–Trinajstić information content (AvgIpc) is 3.09. The highest BCUT2D eigenvalue weighted by Crippen LogP contribution is 2.20. The first-order chi connectivity index (χ1) is 16.5. The third-order valence-corrected chi connectivity index (χ3v) is 7.02. The normalized spacial score (nSPS) is 19.5. The van der Waals surface area contributed by atoms with Gasteiger partial charge < -0.3 is 15.1 Å². The van der Waals surface area contributed by atoms with E-state index in [0.29, 0.717) is 32.7 Å². The van der Waals surface area contributed by atoms with Crippen molar-refractivity contribution in [1.82, 2.24) is 20.0 Å². The molecule has 6 nitrogen and oxygen atoms in total. The van der Waals surface area contributed by atoms with Gasteiger partial charge in [-0.2, -0.15) is 0 Å². The summed E-state index contributed by atoms with van der Waals surface area (Å²) in [6.45, 7) is 10.5. The molecule has 2 fully saturated rings. The van der Waals surface area contributed by atoms with Crippen molar-refractivity contribution in [1.29, 1.82) is 0 Å². The lowest BCUT2D eigenvalue weighted by Gasteiger charge is -2.31. The molecule has 3 amide bonds. The number of amides is 3. The van der Waals surface area contributed by atoms with E-state index in [2.05, 4.69) is 35.3 Å². The standard InChI is InChI=1S/C28H38N4O2/c1-22-8-5-12-24(18-22)27(33)31-14-7-15-32(17-16-31)28(34)29-19-25-10-3-4-11-26(25)21-30-13-6-9-23(2)20-30/h3-5,8,10-12,18,23H,6-7,9,13-17,19-21H2,1-2H3,(H,29,34). The van der Waals surface area contributed by atoms with Crippen molar-refractivity contribution in [3.63, 3.8) is 0 Å². The fraction of sp³-hybridized carbons (Fsp3) is 0.500. The van der Waals surface area contributed by atoms with Gasteiger partial charge in [-0.15, -0.1) is 0 Å². The van der Waals surface area contributed by atoms with Crippen LogP contribution in [0.15, 0.2) is 48.5 Å². The average molecular weight is 463 g/mol. The summed E-state index contributed by atoms with van der Waals surface area (Å²) >= 11 is 0. The Morgan fingerprint density at radius 1 is 0.912 bits per heavy atom. The van der Waals surface area contributed by atoms with Crippen LogP contribution in [0.1, 0.15) is 53.2 Å². The first kappa shape index (κ1) is 24.3. The first-order valence-corrected chi connectivity index (χ1v) is 12.7. The predicted octanol–water partition coefficient (Wildman–Crippen LogP) is 4.28. The molecule has 2 heterocycles. The van der Waals surface area contributed by atoms with Gasteiger partial charge in [0.05, 0.1) is 0 Å². The number of piperidine rings is 1. The summed E-state index contributed by atoms with van der Waals surface area (Å²) in [5.74, 6) is 0.799. The lowest BCUT2D eigenvalue weighted by atomic mass is 9.99. The number of hydrogen-bond acceptors (Lipinski definition) is 3. The second-order valence-corrected chi connectivity index (χ2v) is 9.91. The number of hydrogen-bond donors (Lipinski definition) is 1. The Kier molecular flexibility index (Phi) is 8.22. The van der Waals surface area contributed by atoms with Crippen LogP contribution >= 0.6 is 0 Å². The van der Waals surface area contributed by atoms with Gasteiger partial charge in [-0.25, -0.2) is 4.79 Å². The maximum atomic E-state index is 13.0. The second-order valence-electron chi connectivity index (χ2n) is 9.91. The van der Waals surface area contributed by atoms with Crippen LogP contribution in [0.5, 0.6) is 0 Å². The topological polar surface area (TPSA) is 55.9 Å². The quantitative estimate of drug-likeness (QED) is 0.721. The summed E-state index contributed by atoms with van der Waals surface area (Å²) in [4.78, 5) is 32.1. The highest BCUT2D eigenvalue weighted by Gasteiger charge is 2.23. The molecule has 0 saturated carbocycles. The number of carbonyl (C=O) groups is 2. The van der Waals surface area contributed by atoms with E-state index in [1.54, 1.807) is 0 Å². The fourth-order valence-electron chi connectivity index (χ4n) is 5.12. The highest BCUT2D eigenvalue weighted by atomic mass is 16.2. The predicted molar refractivity (Wildman–Crippen MR) is 136 cm³/mol. The molecule has 1 N–H and O–H groups in total. The number of urea groups is 1. The summed E-state index contributed by atoms with van der Waals surface area (Å²) < 4.78 is 0. The fourth-order valence-corrected chi connectivity index (χ4v) is 5.12. The van der Waals surface area contributed by atoms with Crippen LogP contribution < -0.4 is 5.32 Å². The summed E-state index contributed by atoms with van der Waals surface area (Å²) in [7, 11) is 0. The number of aryl methyl sites for hydroxylation is 1. The van der Waals surface area contributed by atoms with Gasteiger partial charge in [-0.3, -0.25) is 9.69 Å². The van der Waals surface area contributed by atoms with Gasteiger partial charge in [0.25, 0.3) is 5.91 Å². The summed E-state index contributed by atoms with van der Waals surface area (Å²) in [5.41, 5.74) is 4.28. The van der Waals surface area contributed by atoms with Gasteiger partial charge in [-0.05, 0) is 61.9 Å². The Labute approximate surface area is 203 Å². The Morgan fingerprint density at radius 3 is 2.47 bits per heavy atom.